The fraction of sp³-hybridized carbons (Fsp3) is 0.0476. The van der Waals surface area contributed by atoms with Crippen molar-refractivity contribution < 1.29 is 4.42 Å². The summed E-state index contributed by atoms with van der Waals surface area (Å²) in [7, 11) is 3.60. The molecule has 6 aromatic carbocycles. The van der Waals surface area contributed by atoms with Crippen molar-refractivity contribution in [3.63, 3.8) is 0 Å². The molecule has 3 aromatic heterocycles. The van der Waals surface area contributed by atoms with Gasteiger partial charge in [0.2, 0.25) is 0 Å². The lowest BCUT2D eigenvalue weighted by Gasteiger charge is -2.11. The van der Waals surface area contributed by atoms with Crippen molar-refractivity contribution >= 4 is 33.0 Å². The third-order valence-electron chi connectivity index (χ3n) is 9.23. The van der Waals surface area contributed by atoms with Crippen molar-refractivity contribution in [1.29, 1.82) is 0 Å². The van der Waals surface area contributed by atoms with Crippen molar-refractivity contribution in [1.82, 2.24) is 24.1 Å². The molecule has 0 aliphatic carbocycles. The van der Waals surface area contributed by atoms with Gasteiger partial charge in [0.15, 0.2) is 17.5 Å². The van der Waals surface area contributed by atoms with Gasteiger partial charge in [-0.1, -0.05) is 103 Å². The van der Waals surface area contributed by atoms with Gasteiger partial charge in [-0.3, -0.25) is 9.13 Å². The molecular weight excluding hydrogens is 606 g/mol. The first-order chi connectivity index (χ1) is 24.0. The summed E-state index contributed by atoms with van der Waals surface area (Å²) < 4.78 is 9.53. The average molecular weight is 636 g/mol. The molecule has 0 fully saturated rings. The van der Waals surface area contributed by atoms with Crippen LogP contribution in [0.4, 0.5) is 0 Å². The lowest BCUT2D eigenvalue weighted by atomic mass is 9.98. The van der Waals surface area contributed by atoms with E-state index < -0.39 is 0 Å². The summed E-state index contributed by atoms with van der Waals surface area (Å²) >= 11 is 0. The maximum atomic E-state index is 12.6. The van der Waals surface area contributed by atoms with Crippen molar-refractivity contribution in [3.8, 4) is 56.4 Å². The number of imidazole rings is 1. The Kier molecular flexibility index (Phi) is 6.59. The molecule has 0 unspecified atom stereocenters. The zero-order chi connectivity index (χ0) is 33.1. The minimum Gasteiger partial charge on any atom is -0.456 e. The Morgan fingerprint density at radius 3 is 1.80 bits per heavy atom. The number of aromatic nitrogens is 5. The Balaban J connectivity index is 1.18. The van der Waals surface area contributed by atoms with E-state index >= 15 is 0 Å². The first-order valence-electron chi connectivity index (χ1n) is 16.1. The molecule has 7 nitrogen and oxygen atoms in total. The van der Waals surface area contributed by atoms with Gasteiger partial charge in [0.1, 0.15) is 11.2 Å². The molecule has 7 heteroatoms. The van der Waals surface area contributed by atoms with Gasteiger partial charge in [-0.25, -0.2) is 19.7 Å². The molecule has 0 aliphatic rings. The smallest absolute Gasteiger partial charge is 0.328 e. The third kappa shape index (κ3) is 4.83. The van der Waals surface area contributed by atoms with Crippen LogP contribution in [0.25, 0.3) is 89.4 Å². The molecule has 3 heterocycles. The van der Waals surface area contributed by atoms with Crippen LogP contribution in [0.2, 0.25) is 0 Å². The fourth-order valence-corrected chi connectivity index (χ4v) is 6.72. The van der Waals surface area contributed by atoms with Gasteiger partial charge >= 0.3 is 5.69 Å². The van der Waals surface area contributed by atoms with Crippen molar-refractivity contribution in [2.75, 3.05) is 0 Å². The standard InChI is InChI=1S/C42H29N5O2/c1-46-34-22-21-28(25-35(34)47(2)42(46)48)27-13-8-15-30(23-27)40-43-39(26-11-4-3-5-12-26)44-41(45-40)31-16-9-14-29(24-31)32-18-10-20-37-38(32)33-17-6-7-19-36(33)49-37/h3-25H,1-2H3. The van der Waals surface area contributed by atoms with E-state index in [2.05, 4.69) is 42.5 Å². The second kappa shape index (κ2) is 11.3. The highest BCUT2D eigenvalue weighted by molar-refractivity contribution is 6.12. The highest BCUT2D eigenvalue weighted by Crippen LogP contribution is 2.38. The number of rotatable bonds is 5. The molecule has 0 saturated carbocycles. The molecule has 0 atom stereocenters. The summed E-state index contributed by atoms with van der Waals surface area (Å²) in [6.07, 6.45) is 0. The van der Waals surface area contributed by atoms with Crippen LogP contribution in [0, 0.1) is 0 Å². The number of aryl methyl sites for hydroxylation is 2. The lowest BCUT2D eigenvalue weighted by Crippen LogP contribution is -2.19. The van der Waals surface area contributed by atoms with E-state index in [1.165, 1.54) is 0 Å². The monoisotopic (exact) mass is 635 g/mol. The summed E-state index contributed by atoms with van der Waals surface area (Å²) in [6, 6.07) is 46.9. The highest BCUT2D eigenvalue weighted by atomic mass is 16.3. The topological polar surface area (TPSA) is 78.7 Å². The number of furan rings is 1. The predicted octanol–water partition coefficient (Wildman–Crippen LogP) is 9.30. The van der Waals surface area contributed by atoms with Crippen LogP contribution in [0.5, 0.6) is 0 Å². The van der Waals surface area contributed by atoms with E-state index in [1.807, 2.05) is 97.1 Å². The van der Waals surface area contributed by atoms with Gasteiger partial charge in [0.05, 0.1) is 11.0 Å². The summed E-state index contributed by atoms with van der Waals surface area (Å²) in [4.78, 5) is 27.6. The van der Waals surface area contributed by atoms with E-state index in [9.17, 15) is 4.79 Å². The van der Waals surface area contributed by atoms with Gasteiger partial charge in [-0.15, -0.1) is 0 Å². The zero-order valence-electron chi connectivity index (χ0n) is 26.8. The Morgan fingerprint density at radius 2 is 1.02 bits per heavy atom. The van der Waals surface area contributed by atoms with Crippen molar-refractivity contribution in [3.05, 3.63) is 150 Å². The number of hydrogen-bond acceptors (Lipinski definition) is 5. The quantitative estimate of drug-likeness (QED) is 0.188. The minimum atomic E-state index is -0.0501. The summed E-state index contributed by atoms with van der Waals surface area (Å²) in [5, 5.41) is 2.17. The largest absolute Gasteiger partial charge is 0.456 e. The van der Waals surface area contributed by atoms with Crippen molar-refractivity contribution in [2.45, 2.75) is 0 Å². The van der Waals surface area contributed by atoms with E-state index in [4.69, 9.17) is 19.4 Å². The molecule has 9 aromatic rings. The first kappa shape index (κ1) is 28.6. The molecular formula is C42H29N5O2. The SMILES string of the molecule is Cn1c(=O)n(C)c2cc(-c3cccc(-c4nc(-c5ccccc5)nc(-c5cccc(-c6cccc7oc8ccccc8c67)c5)n4)c3)ccc21. The average Bonchev–Trinajstić information content (AvgIpc) is 3.65. The first-order valence-corrected chi connectivity index (χ1v) is 16.1. The molecule has 9 rings (SSSR count). The molecule has 0 N–H and O–H groups in total. The number of hydrogen-bond donors (Lipinski definition) is 0. The highest BCUT2D eigenvalue weighted by Gasteiger charge is 2.16. The molecule has 0 saturated heterocycles. The summed E-state index contributed by atoms with van der Waals surface area (Å²) in [6.45, 7) is 0. The number of para-hydroxylation sites is 1. The van der Waals surface area contributed by atoms with Gasteiger partial charge in [0, 0.05) is 41.6 Å². The second-order valence-electron chi connectivity index (χ2n) is 12.2. The minimum absolute atomic E-state index is 0.0501. The van der Waals surface area contributed by atoms with Crippen LogP contribution in [0.3, 0.4) is 0 Å². The van der Waals surface area contributed by atoms with Crippen LogP contribution in [-0.2, 0) is 14.1 Å². The van der Waals surface area contributed by atoms with E-state index in [0.717, 1.165) is 71.9 Å². The summed E-state index contributed by atoms with van der Waals surface area (Å²) in [5.41, 5.74) is 10.2. The Morgan fingerprint density at radius 1 is 0.469 bits per heavy atom. The van der Waals surface area contributed by atoms with Gasteiger partial charge in [0.25, 0.3) is 0 Å². The predicted molar refractivity (Wildman–Crippen MR) is 196 cm³/mol. The molecule has 0 aliphatic heterocycles. The number of nitrogens with zero attached hydrogens (tertiary/aromatic N) is 5. The lowest BCUT2D eigenvalue weighted by molar-refractivity contribution is 0.669. The molecule has 0 radical (unpaired) electrons. The fourth-order valence-electron chi connectivity index (χ4n) is 6.72. The van der Waals surface area contributed by atoms with Crippen LogP contribution in [0.15, 0.2) is 149 Å². The Labute approximate surface area is 281 Å². The summed E-state index contributed by atoms with van der Waals surface area (Å²) in [5.74, 6) is 1.76. The van der Waals surface area contributed by atoms with Crippen LogP contribution in [0.1, 0.15) is 0 Å². The van der Waals surface area contributed by atoms with E-state index in [-0.39, 0.29) is 5.69 Å². The van der Waals surface area contributed by atoms with E-state index in [0.29, 0.717) is 17.5 Å². The molecule has 234 valence electrons. The maximum Gasteiger partial charge on any atom is 0.328 e. The second-order valence-corrected chi connectivity index (χ2v) is 12.2. The molecule has 49 heavy (non-hydrogen) atoms. The Hall–Kier alpha value is -6.60. The molecule has 0 spiro atoms. The van der Waals surface area contributed by atoms with Crippen LogP contribution >= 0.6 is 0 Å². The third-order valence-corrected chi connectivity index (χ3v) is 9.23. The van der Waals surface area contributed by atoms with Crippen LogP contribution in [-0.4, -0.2) is 24.1 Å². The number of benzene rings is 6. The van der Waals surface area contributed by atoms with Crippen molar-refractivity contribution in [2.24, 2.45) is 14.1 Å². The van der Waals surface area contributed by atoms with Gasteiger partial charge in [-0.05, 0) is 58.7 Å². The van der Waals surface area contributed by atoms with Gasteiger partial charge in [-0.2, -0.15) is 0 Å². The molecule has 0 bridgehead atoms. The van der Waals surface area contributed by atoms with Crippen LogP contribution < -0.4 is 5.69 Å². The molecule has 0 amide bonds. The maximum absolute atomic E-state index is 12.6. The Bertz CT molecular complexity index is 2770. The number of fused-ring (bicyclic) bond motifs is 4. The van der Waals surface area contributed by atoms with E-state index in [1.54, 1.807) is 23.2 Å². The normalized spacial score (nSPS) is 11.6. The van der Waals surface area contributed by atoms with Gasteiger partial charge < -0.3 is 4.42 Å². The zero-order valence-corrected chi connectivity index (χ0v) is 26.8.